The van der Waals surface area contributed by atoms with Gasteiger partial charge in [0.2, 0.25) is 0 Å². The highest BCUT2D eigenvalue weighted by Gasteiger charge is 2.11. The molecule has 0 saturated heterocycles. The van der Waals surface area contributed by atoms with E-state index < -0.39 is 0 Å². The van der Waals surface area contributed by atoms with Crippen molar-refractivity contribution in [1.82, 2.24) is 19.7 Å². The molecule has 0 amide bonds. The van der Waals surface area contributed by atoms with Crippen LogP contribution in [0.25, 0.3) is 11.4 Å². The maximum Gasteiger partial charge on any atom is 0.123 e. The standard InChI is InChI=1S/C12H19N5/c1-3-4-5-9(13)12-14-8-10(16-12)11-6-7-15-17(11)2/h6-9H,3-5,13H2,1-2H3,(H,14,16). The van der Waals surface area contributed by atoms with Crippen LogP contribution in [0.3, 0.4) is 0 Å². The van der Waals surface area contributed by atoms with Crippen LogP contribution in [-0.2, 0) is 7.05 Å². The Morgan fingerprint density at radius 1 is 1.53 bits per heavy atom. The Labute approximate surface area is 101 Å². The molecule has 0 saturated carbocycles. The molecule has 0 spiro atoms. The number of aryl methyl sites for hydroxylation is 1. The average molecular weight is 233 g/mol. The molecule has 2 aromatic rings. The lowest BCUT2D eigenvalue weighted by Gasteiger charge is -2.07. The quantitative estimate of drug-likeness (QED) is 0.829. The summed E-state index contributed by atoms with van der Waals surface area (Å²) in [6.07, 6.45) is 6.84. The Balaban J connectivity index is 2.13. The number of aromatic nitrogens is 4. The second-order valence-corrected chi connectivity index (χ2v) is 4.27. The van der Waals surface area contributed by atoms with Crippen LogP contribution in [0.1, 0.15) is 38.1 Å². The van der Waals surface area contributed by atoms with Crippen LogP contribution in [0, 0.1) is 0 Å². The van der Waals surface area contributed by atoms with Crippen LogP contribution in [-0.4, -0.2) is 19.7 Å². The van der Waals surface area contributed by atoms with Crippen molar-refractivity contribution >= 4 is 0 Å². The van der Waals surface area contributed by atoms with E-state index in [1.54, 1.807) is 6.20 Å². The van der Waals surface area contributed by atoms with Gasteiger partial charge in [-0.1, -0.05) is 19.8 Å². The fraction of sp³-hybridized carbons (Fsp3) is 0.500. The predicted molar refractivity (Wildman–Crippen MR) is 67.2 cm³/mol. The number of imidazole rings is 1. The minimum absolute atomic E-state index is 0.00284. The van der Waals surface area contributed by atoms with E-state index in [9.17, 15) is 0 Å². The van der Waals surface area contributed by atoms with E-state index >= 15 is 0 Å². The molecule has 92 valence electrons. The first-order valence-corrected chi connectivity index (χ1v) is 6.01. The van der Waals surface area contributed by atoms with Crippen LogP contribution in [0.15, 0.2) is 18.5 Å². The van der Waals surface area contributed by atoms with Gasteiger partial charge in [-0.2, -0.15) is 5.10 Å². The van der Waals surface area contributed by atoms with Gasteiger partial charge < -0.3 is 10.7 Å². The molecule has 0 fully saturated rings. The highest BCUT2D eigenvalue weighted by Crippen LogP contribution is 2.19. The van der Waals surface area contributed by atoms with Gasteiger partial charge in [-0.15, -0.1) is 0 Å². The van der Waals surface area contributed by atoms with Crippen molar-refractivity contribution in [2.24, 2.45) is 12.8 Å². The lowest BCUT2D eigenvalue weighted by molar-refractivity contribution is 0.580. The van der Waals surface area contributed by atoms with Crippen molar-refractivity contribution in [2.45, 2.75) is 32.2 Å². The van der Waals surface area contributed by atoms with Gasteiger partial charge >= 0.3 is 0 Å². The van der Waals surface area contributed by atoms with Gasteiger partial charge in [0, 0.05) is 13.2 Å². The zero-order chi connectivity index (χ0) is 12.3. The smallest absolute Gasteiger partial charge is 0.123 e. The zero-order valence-electron chi connectivity index (χ0n) is 10.3. The normalized spacial score (nSPS) is 12.9. The van der Waals surface area contributed by atoms with Gasteiger partial charge in [-0.25, -0.2) is 4.98 Å². The van der Waals surface area contributed by atoms with Crippen LogP contribution in [0.4, 0.5) is 0 Å². The Hall–Kier alpha value is -1.62. The molecule has 0 aliphatic rings. The fourth-order valence-electron chi connectivity index (χ4n) is 1.85. The SMILES string of the molecule is CCCCC(N)c1ncc(-c2ccnn2C)[nH]1. The van der Waals surface area contributed by atoms with Gasteiger partial charge in [-0.3, -0.25) is 4.68 Å². The van der Waals surface area contributed by atoms with Crippen molar-refractivity contribution in [1.29, 1.82) is 0 Å². The largest absolute Gasteiger partial charge is 0.339 e. The van der Waals surface area contributed by atoms with E-state index in [2.05, 4.69) is 22.0 Å². The number of rotatable bonds is 5. The van der Waals surface area contributed by atoms with Gasteiger partial charge in [0.1, 0.15) is 5.82 Å². The van der Waals surface area contributed by atoms with Crippen molar-refractivity contribution in [3.05, 3.63) is 24.3 Å². The highest BCUT2D eigenvalue weighted by atomic mass is 15.3. The fourth-order valence-corrected chi connectivity index (χ4v) is 1.85. The van der Waals surface area contributed by atoms with Crippen LogP contribution in [0.5, 0.6) is 0 Å². The Bertz CT molecular complexity index is 471. The van der Waals surface area contributed by atoms with E-state index in [1.807, 2.05) is 24.0 Å². The van der Waals surface area contributed by atoms with Crippen LogP contribution < -0.4 is 5.73 Å². The zero-order valence-corrected chi connectivity index (χ0v) is 10.3. The van der Waals surface area contributed by atoms with E-state index in [-0.39, 0.29) is 6.04 Å². The number of H-pyrrole nitrogens is 1. The lowest BCUT2D eigenvalue weighted by Crippen LogP contribution is -2.11. The van der Waals surface area contributed by atoms with Gasteiger partial charge in [0.15, 0.2) is 0 Å². The maximum absolute atomic E-state index is 6.07. The summed E-state index contributed by atoms with van der Waals surface area (Å²) in [7, 11) is 1.91. The molecule has 2 aromatic heterocycles. The molecular formula is C12H19N5. The Kier molecular flexibility index (Phi) is 3.58. The molecule has 5 nitrogen and oxygen atoms in total. The van der Waals surface area contributed by atoms with Crippen LogP contribution in [0.2, 0.25) is 0 Å². The molecule has 2 rings (SSSR count). The third kappa shape index (κ3) is 2.55. The predicted octanol–water partition coefficient (Wildman–Crippen LogP) is 2.00. The summed E-state index contributed by atoms with van der Waals surface area (Å²) in [6, 6.07) is 1.95. The first-order valence-electron chi connectivity index (χ1n) is 6.01. The summed E-state index contributed by atoms with van der Waals surface area (Å²) in [5.74, 6) is 0.856. The second kappa shape index (κ2) is 5.14. The second-order valence-electron chi connectivity index (χ2n) is 4.27. The Morgan fingerprint density at radius 3 is 3.00 bits per heavy atom. The molecule has 0 radical (unpaired) electrons. The van der Waals surface area contributed by atoms with E-state index in [1.165, 1.54) is 0 Å². The molecule has 17 heavy (non-hydrogen) atoms. The van der Waals surface area contributed by atoms with Crippen molar-refractivity contribution < 1.29 is 0 Å². The molecule has 3 N–H and O–H groups in total. The number of nitrogens with one attached hydrogen (secondary N) is 1. The van der Waals surface area contributed by atoms with Crippen molar-refractivity contribution in [2.75, 3.05) is 0 Å². The van der Waals surface area contributed by atoms with Crippen molar-refractivity contribution in [3.63, 3.8) is 0 Å². The summed E-state index contributed by atoms with van der Waals surface area (Å²) in [5, 5.41) is 4.13. The maximum atomic E-state index is 6.07. The number of hydrogen-bond donors (Lipinski definition) is 2. The monoisotopic (exact) mass is 233 g/mol. The van der Waals surface area contributed by atoms with Gasteiger partial charge in [0.25, 0.3) is 0 Å². The number of aromatic amines is 1. The molecule has 1 atom stereocenters. The average Bonchev–Trinajstić information content (AvgIpc) is 2.93. The number of hydrogen-bond acceptors (Lipinski definition) is 3. The van der Waals surface area contributed by atoms with Crippen molar-refractivity contribution in [3.8, 4) is 11.4 Å². The number of unbranched alkanes of at least 4 members (excludes halogenated alkanes) is 1. The Morgan fingerprint density at radius 2 is 2.35 bits per heavy atom. The number of nitrogens with zero attached hydrogens (tertiary/aromatic N) is 3. The third-order valence-corrected chi connectivity index (χ3v) is 2.91. The molecule has 0 aliphatic carbocycles. The topological polar surface area (TPSA) is 72.5 Å². The van der Waals surface area contributed by atoms with E-state index in [0.29, 0.717) is 0 Å². The molecule has 0 aliphatic heterocycles. The molecule has 5 heteroatoms. The lowest BCUT2D eigenvalue weighted by atomic mass is 10.1. The minimum atomic E-state index is -0.00284. The minimum Gasteiger partial charge on any atom is -0.339 e. The van der Waals surface area contributed by atoms with E-state index in [0.717, 1.165) is 36.5 Å². The summed E-state index contributed by atoms with van der Waals surface area (Å²) >= 11 is 0. The summed E-state index contributed by atoms with van der Waals surface area (Å²) in [6.45, 7) is 2.16. The highest BCUT2D eigenvalue weighted by molar-refractivity contribution is 5.53. The third-order valence-electron chi connectivity index (χ3n) is 2.91. The summed E-state index contributed by atoms with van der Waals surface area (Å²) in [5.41, 5.74) is 8.05. The molecule has 0 bridgehead atoms. The first kappa shape index (κ1) is 11.9. The van der Waals surface area contributed by atoms with Crippen LogP contribution >= 0.6 is 0 Å². The molecular weight excluding hydrogens is 214 g/mol. The van der Waals surface area contributed by atoms with E-state index in [4.69, 9.17) is 5.73 Å². The molecule has 0 aromatic carbocycles. The molecule has 2 heterocycles. The number of nitrogens with two attached hydrogens (primary N) is 1. The first-order chi connectivity index (χ1) is 8.22. The summed E-state index contributed by atoms with van der Waals surface area (Å²) < 4.78 is 1.81. The van der Waals surface area contributed by atoms with Gasteiger partial charge in [0.05, 0.1) is 23.6 Å². The summed E-state index contributed by atoms with van der Waals surface area (Å²) in [4.78, 5) is 7.61. The van der Waals surface area contributed by atoms with Gasteiger partial charge in [-0.05, 0) is 12.5 Å². The molecule has 1 unspecified atom stereocenters.